The van der Waals surface area contributed by atoms with Gasteiger partial charge in [0.25, 0.3) is 5.91 Å². The number of hydrogen-bond donors (Lipinski definition) is 2. The molecule has 0 saturated carbocycles. The van der Waals surface area contributed by atoms with E-state index >= 15 is 0 Å². The molecule has 0 fully saturated rings. The van der Waals surface area contributed by atoms with Crippen molar-refractivity contribution in [2.45, 2.75) is 6.92 Å². The van der Waals surface area contributed by atoms with Crippen molar-refractivity contribution in [3.63, 3.8) is 0 Å². The van der Waals surface area contributed by atoms with Crippen LogP contribution in [-0.2, 0) is 0 Å². The molecule has 2 N–H and O–H groups in total. The summed E-state index contributed by atoms with van der Waals surface area (Å²) in [7, 11) is 0. The van der Waals surface area contributed by atoms with E-state index in [-0.39, 0.29) is 11.6 Å². The van der Waals surface area contributed by atoms with Crippen molar-refractivity contribution in [1.82, 2.24) is 15.1 Å². The largest absolute Gasteiger partial charge is 0.361 e. The van der Waals surface area contributed by atoms with Gasteiger partial charge in [-0.15, -0.1) is 0 Å². The molecule has 4 rings (SSSR count). The van der Waals surface area contributed by atoms with Gasteiger partial charge >= 0.3 is 0 Å². The zero-order chi connectivity index (χ0) is 17.4. The predicted molar refractivity (Wildman–Crippen MR) is 95.7 cm³/mol. The quantitative estimate of drug-likeness (QED) is 0.571. The highest BCUT2D eigenvalue weighted by Gasteiger charge is 2.16. The Hall–Kier alpha value is -3.12. The van der Waals surface area contributed by atoms with Crippen LogP contribution in [0.4, 0.5) is 5.69 Å². The van der Waals surface area contributed by atoms with Crippen molar-refractivity contribution in [1.29, 1.82) is 0 Å². The van der Waals surface area contributed by atoms with Gasteiger partial charge in [-0.1, -0.05) is 28.9 Å². The topological polar surface area (TPSA) is 83.8 Å². The number of halogens is 1. The van der Waals surface area contributed by atoms with Crippen LogP contribution in [0.15, 0.2) is 53.3 Å². The fraction of sp³-hybridized carbons (Fsp3) is 0.0556. The molecule has 7 heteroatoms. The van der Waals surface area contributed by atoms with Gasteiger partial charge in [-0.2, -0.15) is 0 Å². The molecular formula is C18H13ClN4O2. The number of nitrogens with zero attached hydrogens (tertiary/aromatic N) is 2. The van der Waals surface area contributed by atoms with Crippen LogP contribution >= 0.6 is 11.6 Å². The summed E-state index contributed by atoms with van der Waals surface area (Å²) in [6.45, 7) is 1.78. The predicted octanol–water partition coefficient (Wildman–Crippen LogP) is 4.43. The van der Waals surface area contributed by atoms with Gasteiger partial charge < -0.3 is 14.8 Å². The molecule has 0 aliphatic rings. The summed E-state index contributed by atoms with van der Waals surface area (Å²) >= 11 is 5.92. The van der Waals surface area contributed by atoms with E-state index < -0.39 is 0 Å². The minimum atomic E-state index is -0.386. The van der Waals surface area contributed by atoms with Crippen LogP contribution in [0.25, 0.3) is 22.2 Å². The van der Waals surface area contributed by atoms with E-state index in [1.54, 1.807) is 19.1 Å². The van der Waals surface area contributed by atoms with Gasteiger partial charge in [0.2, 0.25) is 0 Å². The standard InChI is InChI=1S/C18H13ClN4O2/c1-10-15(7-11(19)9-21-10)22-18(24)16-8-17(25-23-16)13-3-2-4-14-12(13)5-6-20-14/h2-9,20H,1H3,(H,22,24). The van der Waals surface area contributed by atoms with Gasteiger partial charge in [0, 0.05) is 34.9 Å². The Balaban J connectivity index is 1.64. The highest BCUT2D eigenvalue weighted by molar-refractivity contribution is 6.30. The van der Waals surface area contributed by atoms with Gasteiger partial charge in [-0.3, -0.25) is 9.78 Å². The summed E-state index contributed by atoms with van der Waals surface area (Å²) in [5, 5.41) is 8.08. The summed E-state index contributed by atoms with van der Waals surface area (Å²) < 4.78 is 5.37. The average molecular weight is 353 g/mol. The monoisotopic (exact) mass is 352 g/mol. The molecule has 0 bridgehead atoms. The highest BCUT2D eigenvalue weighted by atomic mass is 35.5. The van der Waals surface area contributed by atoms with Gasteiger partial charge in [-0.05, 0) is 25.1 Å². The third-order valence-corrected chi connectivity index (χ3v) is 4.11. The SMILES string of the molecule is Cc1ncc(Cl)cc1NC(=O)c1cc(-c2cccc3[nH]ccc23)on1. The minimum Gasteiger partial charge on any atom is -0.361 e. The van der Waals surface area contributed by atoms with Crippen LogP contribution < -0.4 is 5.32 Å². The van der Waals surface area contributed by atoms with Crippen LogP contribution in [0.5, 0.6) is 0 Å². The lowest BCUT2D eigenvalue weighted by Crippen LogP contribution is -2.13. The fourth-order valence-corrected chi connectivity index (χ4v) is 2.79. The van der Waals surface area contributed by atoms with E-state index in [9.17, 15) is 4.79 Å². The molecular weight excluding hydrogens is 340 g/mol. The minimum absolute atomic E-state index is 0.182. The Kier molecular flexibility index (Phi) is 3.74. The number of pyridine rings is 1. The molecule has 0 unspecified atom stereocenters. The number of H-pyrrole nitrogens is 1. The van der Waals surface area contributed by atoms with E-state index in [0.29, 0.717) is 22.2 Å². The average Bonchev–Trinajstić information content (AvgIpc) is 3.26. The van der Waals surface area contributed by atoms with Crippen molar-refractivity contribution < 1.29 is 9.32 Å². The van der Waals surface area contributed by atoms with Crippen LogP contribution in [-0.4, -0.2) is 21.0 Å². The number of aromatic amines is 1. The van der Waals surface area contributed by atoms with Crippen molar-refractivity contribution in [2.75, 3.05) is 5.32 Å². The Bertz CT molecular complexity index is 1080. The maximum absolute atomic E-state index is 12.4. The van der Waals surface area contributed by atoms with Crippen LogP contribution in [0.3, 0.4) is 0 Å². The Morgan fingerprint density at radius 3 is 3.04 bits per heavy atom. The lowest BCUT2D eigenvalue weighted by molar-refractivity contribution is 0.101. The van der Waals surface area contributed by atoms with Crippen LogP contribution in [0.1, 0.15) is 16.2 Å². The summed E-state index contributed by atoms with van der Waals surface area (Å²) in [5.74, 6) is 0.139. The molecule has 0 aliphatic heterocycles. The fourth-order valence-electron chi connectivity index (χ4n) is 2.63. The van der Waals surface area contributed by atoms with Gasteiger partial charge in [0.05, 0.1) is 16.4 Å². The van der Waals surface area contributed by atoms with Crippen LogP contribution in [0.2, 0.25) is 5.02 Å². The number of fused-ring (bicyclic) bond motifs is 1. The van der Waals surface area contributed by atoms with Gasteiger partial charge in [0.15, 0.2) is 11.5 Å². The van der Waals surface area contributed by atoms with E-state index in [1.165, 1.54) is 6.20 Å². The molecule has 1 amide bonds. The number of hydrogen-bond acceptors (Lipinski definition) is 4. The number of aryl methyl sites for hydroxylation is 1. The maximum Gasteiger partial charge on any atom is 0.277 e. The molecule has 0 atom stereocenters. The molecule has 0 aliphatic carbocycles. The molecule has 0 radical (unpaired) electrons. The van der Waals surface area contributed by atoms with Crippen molar-refractivity contribution >= 4 is 34.1 Å². The van der Waals surface area contributed by atoms with Gasteiger partial charge in [-0.25, -0.2) is 0 Å². The zero-order valence-electron chi connectivity index (χ0n) is 13.2. The first kappa shape index (κ1) is 15.4. The number of aromatic nitrogens is 3. The summed E-state index contributed by atoms with van der Waals surface area (Å²) in [5.41, 5.74) is 3.24. The first-order valence-electron chi connectivity index (χ1n) is 7.58. The van der Waals surface area contributed by atoms with Crippen molar-refractivity contribution in [3.05, 3.63) is 65.2 Å². The third kappa shape index (κ3) is 2.88. The number of nitrogens with one attached hydrogen (secondary N) is 2. The first-order valence-corrected chi connectivity index (χ1v) is 7.96. The molecule has 6 nitrogen and oxygen atoms in total. The van der Waals surface area contributed by atoms with Crippen LogP contribution in [0, 0.1) is 6.92 Å². The Morgan fingerprint density at radius 1 is 1.28 bits per heavy atom. The lowest BCUT2D eigenvalue weighted by Gasteiger charge is -2.05. The molecule has 3 aromatic heterocycles. The van der Waals surface area contributed by atoms with Gasteiger partial charge in [0.1, 0.15) is 0 Å². The lowest BCUT2D eigenvalue weighted by atomic mass is 10.1. The molecule has 1 aromatic carbocycles. The van der Waals surface area contributed by atoms with E-state index in [4.69, 9.17) is 16.1 Å². The second-order valence-corrected chi connectivity index (χ2v) is 6.00. The van der Waals surface area contributed by atoms with Crippen molar-refractivity contribution in [3.8, 4) is 11.3 Å². The van der Waals surface area contributed by atoms with Crippen molar-refractivity contribution in [2.24, 2.45) is 0 Å². The molecule has 25 heavy (non-hydrogen) atoms. The summed E-state index contributed by atoms with van der Waals surface area (Å²) in [6.07, 6.45) is 3.38. The number of amides is 1. The smallest absolute Gasteiger partial charge is 0.277 e. The van der Waals surface area contributed by atoms with E-state index in [0.717, 1.165) is 16.5 Å². The third-order valence-electron chi connectivity index (χ3n) is 3.90. The number of anilines is 1. The Labute approximate surface area is 147 Å². The molecule has 3 heterocycles. The zero-order valence-corrected chi connectivity index (χ0v) is 14.0. The van der Waals surface area contributed by atoms with E-state index in [1.807, 2.05) is 30.5 Å². The molecule has 124 valence electrons. The summed E-state index contributed by atoms with van der Waals surface area (Å²) in [6, 6.07) is 11.0. The second kappa shape index (κ2) is 6.07. The second-order valence-electron chi connectivity index (χ2n) is 5.56. The number of rotatable bonds is 3. The Morgan fingerprint density at radius 2 is 2.16 bits per heavy atom. The van der Waals surface area contributed by atoms with E-state index in [2.05, 4.69) is 20.4 Å². The number of benzene rings is 1. The molecule has 4 aromatic rings. The normalized spacial score (nSPS) is 11.0. The molecule has 0 saturated heterocycles. The number of carbonyl (C=O) groups excluding carboxylic acids is 1. The molecule has 0 spiro atoms. The first-order chi connectivity index (χ1) is 12.1. The number of carbonyl (C=O) groups is 1. The summed E-state index contributed by atoms with van der Waals surface area (Å²) in [4.78, 5) is 19.7. The maximum atomic E-state index is 12.4. The highest BCUT2D eigenvalue weighted by Crippen LogP contribution is 2.29.